The summed E-state index contributed by atoms with van der Waals surface area (Å²) in [6, 6.07) is 1.56. The van der Waals surface area contributed by atoms with Gasteiger partial charge in [0.1, 0.15) is 5.69 Å². The number of hydrogen-bond acceptors (Lipinski definition) is 4. The molecule has 0 saturated heterocycles. The second-order valence-corrected chi connectivity index (χ2v) is 3.68. The molecule has 1 aliphatic rings. The summed E-state index contributed by atoms with van der Waals surface area (Å²) in [7, 11) is 0. The minimum absolute atomic E-state index is 0.235. The van der Waals surface area contributed by atoms with Gasteiger partial charge in [-0.3, -0.25) is 4.79 Å². The van der Waals surface area contributed by atoms with E-state index in [2.05, 4.69) is 11.9 Å². The van der Waals surface area contributed by atoms with Crippen LogP contribution in [0.2, 0.25) is 0 Å². The van der Waals surface area contributed by atoms with E-state index in [-0.39, 0.29) is 17.2 Å². The van der Waals surface area contributed by atoms with Crippen LogP contribution in [-0.4, -0.2) is 11.9 Å². The van der Waals surface area contributed by atoms with Gasteiger partial charge in [-0.1, -0.05) is 6.58 Å². The molecular weight excluding hydrogens is 210 g/mol. The lowest BCUT2D eigenvalue weighted by molar-refractivity contribution is -0.129. The second-order valence-electron chi connectivity index (χ2n) is 3.68. The van der Waals surface area contributed by atoms with E-state index < -0.39 is 5.97 Å². The van der Waals surface area contributed by atoms with E-state index in [9.17, 15) is 9.59 Å². The summed E-state index contributed by atoms with van der Waals surface area (Å²) in [5, 5.41) is 2.58. The van der Waals surface area contributed by atoms with Gasteiger partial charge in [0.05, 0.1) is 5.56 Å². The molecule has 0 aromatic carbocycles. The first-order chi connectivity index (χ1) is 7.58. The van der Waals surface area contributed by atoms with E-state index in [1.807, 2.05) is 0 Å². The Kier molecular flexibility index (Phi) is 1.47. The number of ether oxygens (including phenoxy) is 1. The lowest BCUT2D eigenvalue weighted by Crippen LogP contribution is -2.09. The Labute approximate surface area is 90.0 Å². The van der Waals surface area contributed by atoms with Crippen molar-refractivity contribution in [2.24, 2.45) is 0 Å². The minimum atomic E-state index is -0.539. The first-order valence-corrected chi connectivity index (χ1v) is 4.66. The number of anilines is 1. The Morgan fingerprint density at radius 2 is 2.31 bits per heavy atom. The predicted molar refractivity (Wildman–Crippen MR) is 55.8 cm³/mol. The molecule has 0 fully saturated rings. The molecule has 3 rings (SSSR count). The number of furan rings is 2. The molecule has 0 aliphatic carbocycles. The molecule has 1 N–H and O–H groups in total. The van der Waals surface area contributed by atoms with Crippen molar-refractivity contribution in [1.29, 1.82) is 0 Å². The monoisotopic (exact) mass is 217 g/mol. The molecule has 0 spiro atoms. The molecule has 2 aromatic rings. The van der Waals surface area contributed by atoms with Crippen molar-refractivity contribution >= 4 is 28.7 Å². The highest BCUT2D eigenvalue weighted by molar-refractivity contribution is 6.23. The summed E-state index contributed by atoms with van der Waals surface area (Å²) >= 11 is 0. The Morgan fingerprint density at radius 1 is 1.56 bits per heavy atom. The van der Waals surface area contributed by atoms with Crippen LogP contribution in [0.5, 0.6) is 5.75 Å². The Morgan fingerprint density at radius 3 is 3.00 bits per heavy atom. The highest BCUT2D eigenvalue weighted by atomic mass is 16.5. The van der Waals surface area contributed by atoms with Crippen LogP contribution in [-0.2, 0) is 4.79 Å². The maximum absolute atomic E-state index is 11.4. The number of amides is 1. The third kappa shape index (κ3) is 0.942. The van der Waals surface area contributed by atoms with Crippen molar-refractivity contribution in [3.8, 4) is 5.75 Å². The summed E-state index contributed by atoms with van der Waals surface area (Å²) in [6.07, 6.45) is 0. The summed E-state index contributed by atoms with van der Waals surface area (Å²) in [5.74, 6) is -0.512. The fourth-order valence-electron chi connectivity index (χ4n) is 1.66. The maximum Gasteiger partial charge on any atom is 0.338 e. The van der Waals surface area contributed by atoms with Gasteiger partial charge < -0.3 is 14.5 Å². The van der Waals surface area contributed by atoms with Crippen molar-refractivity contribution < 1.29 is 18.7 Å². The normalized spacial score (nSPS) is 13.2. The van der Waals surface area contributed by atoms with Crippen LogP contribution in [0.15, 0.2) is 22.6 Å². The van der Waals surface area contributed by atoms with Crippen LogP contribution >= 0.6 is 0 Å². The number of hydrogen-bond donors (Lipinski definition) is 1. The number of nitrogens with one attached hydrogen (secondary N) is 1. The number of benzene rings is 1. The minimum Gasteiger partial charge on any atom is -0.450 e. The van der Waals surface area contributed by atoms with Crippen molar-refractivity contribution in [2.75, 3.05) is 5.32 Å². The van der Waals surface area contributed by atoms with E-state index in [0.29, 0.717) is 22.4 Å². The Bertz CT molecular complexity index is 637. The predicted octanol–water partition coefficient (Wildman–Crippen LogP) is 1.92. The fourth-order valence-corrected chi connectivity index (χ4v) is 1.66. The number of fused-ring (bicyclic) bond motifs is 1. The van der Waals surface area contributed by atoms with Gasteiger partial charge in [-0.2, -0.15) is 0 Å². The van der Waals surface area contributed by atoms with Crippen molar-refractivity contribution in [3.05, 3.63) is 23.8 Å². The van der Waals surface area contributed by atoms with Gasteiger partial charge in [-0.15, -0.1) is 0 Å². The van der Waals surface area contributed by atoms with Crippen LogP contribution in [0.3, 0.4) is 0 Å². The highest BCUT2D eigenvalue weighted by Gasteiger charge is 2.34. The molecule has 16 heavy (non-hydrogen) atoms. The average Bonchev–Trinajstić information content (AvgIpc) is 2.81. The topological polar surface area (TPSA) is 68.5 Å². The van der Waals surface area contributed by atoms with Crippen LogP contribution in [0.25, 0.3) is 11.2 Å². The molecule has 5 heteroatoms. The van der Waals surface area contributed by atoms with Gasteiger partial charge in [-0.25, -0.2) is 4.79 Å². The quantitative estimate of drug-likeness (QED) is 0.474. The molecule has 0 radical (unpaired) electrons. The molecule has 0 atom stereocenters. The number of carbonyl (C=O) groups excluding carboxylic acids is 2. The molecule has 1 aliphatic heterocycles. The standard InChI is InChI=1S/C11H7NO4/c1-4(2)11(14)16-9-6-3-5-8(15-6)7(9)12-10(5)13/h3H,1H2,2H3,(H,12,13). The summed E-state index contributed by atoms with van der Waals surface area (Å²) in [5.41, 5.74) is 2.06. The van der Waals surface area contributed by atoms with Crippen LogP contribution in [0.1, 0.15) is 17.3 Å². The van der Waals surface area contributed by atoms with Gasteiger partial charge in [0.2, 0.25) is 5.75 Å². The molecule has 2 aromatic heterocycles. The lowest BCUT2D eigenvalue weighted by atomic mass is 10.2. The zero-order valence-electron chi connectivity index (χ0n) is 8.42. The molecule has 0 unspecified atom stereocenters. The third-order valence-electron chi connectivity index (χ3n) is 2.44. The molecular formula is C11H7NO4. The zero-order valence-corrected chi connectivity index (χ0v) is 8.42. The SMILES string of the molecule is C=C(C)C(=O)Oc1c2c3oc1cc3C(=O)N2. The number of esters is 1. The van der Waals surface area contributed by atoms with E-state index in [4.69, 9.17) is 9.15 Å². The largest absolute Gasteiger partial charge is 0.450 e. The summed E-state index contributed by atoms with van der Waals surface area (Å²) < 4.78 is 10.4. The Balaban J connectivity index is 2.06. The molecule has 80 valence electrons. The van der Waals surface area contributed by atoms with Crippen molar-refractivity contribution in [2.45, 2.75) is 6.92 Å². The molecule has 0 saturated carbocycles. The van der Waals surface area contributed by atoms with Crippen molar-refractivity contribution in [1.82, 2.24) is 0 Å². The first-order valence-electron chi connectivity index (χ1n) is 4.66. The van der Waals surface area contributed by atoms with Gasteiger partial charge in [0.15, 0.2) is 11.2 Å². The number of carbonyl (C=O) groups is 2. The zero-order chi connectivity index (χ0) is 11.4. The third-order valence-corrected chi connectivity index (χ3v) is 2.44. The van der Waals surface area contributed by atoms with Gasteiger partial charge >= 0.3 is 5.97 Å². The average molecular weight is 217 g/mol. The van der Waals surface area contributed by atoms with Gasteiger partial charge in [0.25, 0.3) is 5.91 Å². The molecule has 3 heterocycles. The van der Waals surface area contributed by atoms with Crippen LogP contribution in [0, 0.1) is 0 Å². The first kappa shape index (κ1) is 8.96. The van der Waals surface area contributed by atoms with Crippen molar-refractivity contribution in [3.63, 3.8) is 0 Å². The summed E-state index contributed by atoms with van der Waals surface area (Å²) in [4.78, 5) is 22.7. The summed E-state index contributed by atoms with van der Waals surface area (Å²) in [6.45, 7) is 5.03. The maximum atomic E-state index is 11.4. The molecule has 2 bridgehead atoms. The second kappa shape index (κ2) is 2.63. The van der Waals surface area contributed by atoms with E-state index in [1.165, 1.54) is 0 Å². The van der Waals surface area contributed by atoms with E-state index >= 15 is 0 Å². The van der Waals surface area contributed by atoms with E-state index in [1.54, 1.807) is 13.0 Å². The fraction of sp³-hybridized carbons (Fsp3) is 0.0909. The van der Waals surface area contributed by atoms with Crippen LogP contribution in [0.4, 0.5) is 5.69 Å². The highest BCUT2D eigenvalue weighted by Crippen LogP contribution is 2.46. The van der Waals surface area contributed by atoms with E-state index in [0.717, 1.165) is 0 Å². The van der Waals surface area contributed by atoms with Gasteiger partial charge in [-0.05, 0) is 6.92 Å². The molecule has 5 nitrogen and oxygen atoms in total. The van der Waals surface area contributed by atoms with Crippen LogP contribution < -0.4 is 10.1 Å². The smallest absolute Gasteiger partial charge is 0.338 e. The Hall–Kier alpha value is -2.30. The number of rotatable bonds is 2. The van der Waals surface area contributed by atoms with Gasteiger partial charge in [0, 0.05) is 11.6 Å². The lowest BCUT2D eigenvalue weighted by Gasteiger charge is -2.02. The molecule has 1 amide bonds.